The van der Waals surface area contributed by atoms with Gasteiger partial charge in [-0.3, -0.25) is 14.5 Å². The first-order chi connectivity index (χ1) is 11.1. The second-order valence-corrected chi connectivity index (χ2v) is 6.26. The summed E-state index contributed by atoms with van der Waals surface area (Å²) in [5.41, 5.74) is 0.912. The summed E-state index contributed by atoms with van der Waals surface area (Å²) in [6, 6.07) is 10.3. The van der Waals surface area contributed by atoms with Crippen LogP contribution in [0.15, 0.2) is 30.3 Å². The third-order valence-electron chi connectivity index (χ3n) is 4.35. The lowest BCUT2D eigenvalue weighted by molar-refractivity contribution is -0.124. The molecule has 1 fully saturated rings. The third kappa shape index (κ3) is 5.06. The second kappa shape index (κ2) is 8.11. The van der Waals surface area contributed by atoms with Crippen molar-refractivity contribution in [1.29, 1.82) is 0 Å². The monoisotopic (exact) mass is 317 g/mol. The van der Waals surface area contributed by atoms with E-state index in [0.717, 1.165) is 26.1 Å². The number of rotatable bonds is 7. The Morgan fingerprint density at radius 1 is 1.13 bits per heavy atom. The van der Waals surface area contributed by atoms with E-state index in [1.807, 2.05) is 32.0 Å². The number of hydrogen-bond donors (Lipinski definition) is 2. The average molecular weight is 317 g/mol. The summed E-state index contributed by atoms with van der Waals surface area (Å²) in [7, 11) is 0. The molecule has 0 bridgehead atoms. The molecular formula is C18H27N3O2. The van der Waals surface area contributed by atoms with E-state index in [0.29, 0.717) is 19.4 Å². The van der Waals surface area contributed by atoms with Gasteiger partial charge in [-0.1, -0.05) is 44.2 Å². The Morgan fingerprint density at radius 3 is 2.48 bits per heavy atom. The number of nitrogens with one attached hydrogen (secondary N) is 2. The van der Waals surface area contributed by atoms with Crippen molar-refractivity contribution in [3.63, 3.8) is 0 Å². The molecule has 1 aliphatic rings. The Morgan fingerprint density at radius 2 is 1.83 bits per heavy atom. The average Bonchev–Trinajstić information content (AvgIpc) is 2.96. The predicted octanol–water partition coefficient (Wildman–Crippen LogP) is 1.68. The fourth-order valence-electron chi connectivity index (χ4n) is 3.00. The van der Waals surface area contributed by atoms with Crippen molar-refractivity contribution < 1.29 is 9.59 Å². The van der Waals surface area contributed by atoms with Crippen LogP contribution >= 0.6 is 0 Å². The van der Waals surface area contributed by atoms with Gasteiger partial charge < -0.3 is 10.6 Å². The molecule has 2 amide bonds. The van der Waals surface area contributed by atoms with Crippen LogP contribution in [0.3, 0.4) is 0 Å². The number of hydrogen-bond acceptors (Lipinski definition) is 3. The fraction of sp³-hybridized carbons (Fsp3) is 0.556. The maximum atomic E-state index is 11.9. The van der Waals surface area contributed by atoms with Crippen molar-refractivity contribution in [2.45, 2.75) is 45.2 Å². The Hall–Kier alpha value is -1.88. The molecule has 2 N–H and O–H groups in total. The summed E-state index contributed by atoms with van der Waals surface area (Å²) < 4.78 is 0. The quantitative estimate of drug-likeness (QED) is 0.804. The Labute approximate surface area is 138 Å². The van der Waals surface area contributed by atoms with Crippen LogP contribution in [0.5, 0.6) is 0 Å². The third-order valence-corrected chi connectivity index (χ3v) is 4.35. The van der Waals surface area contributed by atoms with Gasteiger partial charge in [0.1, 0.15) is 0 Å². The molecule has 1 saturated heterocycles. The zero-order valence-electron chi connectivity index (χ0n) is 14.1. The van der Waals surface area contributed by atoms with Gasteiger partial charge in [-0.15, -0.1) is 0 Å². The van der Waals surface area contributed by atoms with Crippen LogP contribution in [0, 0.1) is 0 Å². The highest BCUT2D eigenvalue weighted by molar-refractivity contribution is 5.77. The molecule has 5 heteroatoms. The maximum Gasteiger partial charge on any atom is 0.220 e. The van der Waals surface area contributed by atoms with E-state index in [9.17, 15) is 9.59 Å². The molecule has 23 heavy (non-hydrogen) atoms. The summed E-state index contributed by atoms with van der Waals surface area (Å²) in [6.45, 7) is 6.73. The lowest BCUT2D eigenvalue weighted by atomic mass is 9.98. The van der Waals surface area contributed by atoms with E-state index >= 15 is 0 Å². The molecule has 1 aromatic carbocycles. The highest BCUT2D eigenvalue weighted by Gasteiger charge is 2.39. The molecule has 1 aromatic rings. The van der Waals surface area contributed by atoms with Crippen LogP contribution in [0.2, 0.25) is 0 Å². The molecule has 0 aliphatic carbocycles. The van der Waals surface area contributed by atoms with Crippen molar-refractivity contribution in [3.05, 3.63) is 35.9 Å². The first-order valence-corrected chi connectivity index (χ1v) is 8.41. The molecule has 126 valence electrons. The highest BCUT2D eigenvalue weighted by Crippen LogP contribution is 2.23. The van der Waals surface area contributed by atoms with E-state index in [4.69, 9.17) is 0 Å². The van der Waals surface area contributed by atoms with E-state index in [2.05, 4.69) is 27.7 Å². The van der Waals surface area contributed by atoms with Crippen LogP contribution in [0.4, 0.5) is 0 Å². The summed E-state index contributed by atoms with van der Waals surface area (Å²) in [5, 5.41) is 6.09. The number of nitrogens with zero attached hydrogens (tertiary/aromatic N) is 1. The van der Waals surface area contributed by atoms with Gasteiger partial charge in [-0.05, 0) is 12.0 Å². The first kappa shape index (κ1) is 17.5. The van der Waals surface area contributed by atoms with Gasteiger partial charge >= 0.3 is 0 Å². The number of carbonyl (C=O) groups is 2. The smallest absolute Gasteiger partial charge is 0.220 e. The van der Waals surface area contributed by atoms with E-state index in [1.54, 1.807) is 0 Å². The minimum atomic E-state index is -0.354. The van der Waals surface area contributed by atoms with Gasteiger partial charge in [0.25, 0.3) is 0 Å². The van der Waals surface area contributed by atoms with Crippen molar-refractivity contribution in [2.24, 2.45) is 0 Å². The van der Waals surface area contributed by atoms with Crippen LogP contribution < -0.4 is 10.6 Å². The molecule has 5 nitrogen and oxygen atoms in total. The standard InChI is InChI=1S/C18H27N3O2/c1-3-16(22)19-13-18(20-17(23)4-2)10-11-21(14-18)12-15-8-6-5-7-9-15/h5-9H,3-4,10-14H2,1-2H3,(H,19,22)(H,20,23)/t18-/m1/s1. The Bertz CT molecular complexity index is 532. The zero-order chi connectivity index (χ0) is 16.7. The second-order valence-electron chi connectivity index (χ2n) is 6.26. The number of benzene rings is 1. The molecule has 0 radical (unpaired) electrons. The highest BCUT2D eigenvalue weighted by atomic mass is 16.2. The molecule has 2 rings (SSSR count). The van der Waals surface area contributed by atoms with Crippen molar-refractivity contribution in [2.75, 3.05) is 19.6 Å². The maximum absolute atomic E-state index is 11.9. The number of likely N-dealkylation sites (tertiary alicyclic amines) is 1. The molecule has 0 spiro atoms. The summed E-state index contributed by atoms with van der Waals surface area (Å²) in [6.07, 6.45) is 1.78. The summed E-state index contributed by atoms with van der Waals surface area (Å²) in [4.78, 5) is 25.8. The summed E-state index contributed by atoms with van der Waals surface area (Å²) >= 11 is 0. The van der Waals surface area contributed by atoms with E-state index in [1.165, 1.54) is 5.56 Å². The molecule has 0 saturated carbocycles. The van der Waals surface area contributed by atoms with Crippen molar-refractivity contribution in [1.82, 2.24) is 15.5 Å². The molecule has 1 aliphatic heterocycles. The number of amides is 2. The van der Waals surface area contributed by atoms with Crippen LogP contribution in [0.25, 0.3) is 0 Å². The zero-order valence-corrected chi connectivity index (χ0v) is 14.1. The topological polar surface area (TPSA) is 61.4 Å². The van der Waals surface area contributed by atoms with Crippen molar-refractivity contribution in [3.8, 4) is 0 Å². The van der Waals surface area contributed by atoms with Crippen LogP contribution in [0.1, 0.15) is 38.7 Å². The van der Waals surface area contributed by atoms with E-state index in [-0.39, 0.29) is 17.4 Å². The lowest BCUT2D eigenvalue weighted by Gasteiger charge is -2.31. The molecule has 0 aromatic heterocycles. The predicted molar refractivity (Wildman–Crippen MR) is 90.8 cm³/mol. The van der Waals surface area contributed by atoms with Gasteiger partial charge in [-0.25, -0.2) is 0 Å². The first-order valence-electron chi connectivity index (χ1n) is 8.41. The molecule has 0 unspecified atom stereocenters. The van der Waals surface area contributed by atoms with Crippen LogP contribution in [-0.2, 0) is 16.1 Å². The van der Waals surface area contributed by atoms with E-state index < -0.39 is 0 Å². The fourth-order valence-corrected chi connectivity index (χ4v) is 3.00. The normalized spacial score (nSPS) is 21.1. The summed E-state index contributed by atoms with van der Waals surface area (Å²) in [5.74, 6) is 0.0638. The van der Waals surface area contributed by atoms with Gasteiger partial charge in [0.15, 0.2) is 0 Å². The SMILES string of the molecule is CCC(=O)NC[C@]1(NC(=O)CC)CCN(Cc2ccccc2)C1. The van der Waals surface area contributed by atoms with Gasteiger partial charge in [0.2, 0.25) is 11.8 Å². The lowest BCUT2D eigenvalue weighted by Crippen LogP contribution is -2.57. The van der Waals surface area contributed by atoms with Gasteiger partial charge in [-0.2, -0.15) is 0 Å². The molecular weight excluding hydrogens is 290 g/mol. The van der Waals surface area contributed by atoms with Crippen molar-refractivity contribution >= 4 is 11.8 Å². The van der Waals surface area contributed by atoms with Gasteiger partial charge in [0, 0.05) is 39.0 Å². The van der Waals surface area contributed by atoms with Crippen LogP contribution in [-0.4, -0.2) is 41.9 Å². The Kier molecular flexibility index (Phi) is 6.16. The molecule has 1 atom stereocenters. The van der Waals surface area contributed by atoms with Gasteiger partial charge in [0.05, 0.1) is 5.54 Å². The minimum absolute atomic E-state index is 0.0247. The largest absolute Gasteiger partial charge is 0.354 e. The number of carbonyl (C=O) groups excluding carboxylic acids is 2. The molecule has 1 heterocycles. The minimum Gasteiger partial charge on any atom is -0.354 e. The Balaban J connectivity index is 2.00.